The Morgan fingerprint density at radius 1 is 1.08 bits per heavy atom. The molecule has 7 nitrogen and oxygen atoms in total. The van der Waals surface area contributed by atoms with Crippen LogP contribution in [0.3, 0.4) is 0 Å². The third-order valence-corrected chi connectivity index (χ3v) is 5.82. The maximum absolute atomic E-state index is 14.0. The van der Waals surface area contributed by atoms with E-state index in [0.717, 1.165) is 12.1 Å². The van der Waals surface area contributed by atoms with Crippen molar-refractivity contribution in [3.63, 3.8) is 0 Å². The van der Waals surface area contributed by atoms with Crippen LogP contribution in [0.2, 0.25) is 5.02 Å². The van der Waals surface area contributed by atoms with E-state index in [1.807, 2.05) is 0 Å². The summed E-state index contributed by atoms with van der Waals surface area (Å²) < 4.78 is 34.1. The second-order valence-corrected chi connectivity index (χ2v) is 9.15. The van der Waals surface area contributed by atoms with E-state index in [0.29, 0.717) is 27.8 Å². The van der Waals surface area contributed by atoms with Crippen molar-refractivity contribution in [3.8, 4) is 22.8 Å². The van der Waals surface area contributed by atoms with E-state index in [1.54, 1.807) is 58.2 Å². The first-order valence-corrected chi connectivity index (χ1v) is 11.4. The number of hydrogen-bond acceptors (Lipinski definition) is 6. The highest BCUT2D eigenvalue weighted by molar-refractivity contribution is 6.32. The van der Waals surface area contributed by atoms with Gasteiger partial charge in [0.2, 0.25) is 5.88 Å². The molecule has 0 radical (unpaired) electrons. The topological polar surface area (TPSA) is 90.1 Å². The van der Waals surface area contributed by atoms with Gasteiger partial charge in [-0.1, -0.05) is 17.7 Å². The summed E-state index contributed by atoms with van der Waals surface area (Å²) in [5.74, 6) is -0.865. The first-order valence-electron chi connectivity index (χ1n) is 11.0. The van der Waals surface area contributed by atoms with Crippen LogP contribution < -0.4 is 10.3 Å². The van der Waals surface area contributed by atoms with Gasteiger partial charge in [-0.25, -0.2) is 18.7 Å². The third-order valence-electron chi connectivity index (χ3n) is 5.50. The quantitative estimate of drug-likeness (QED) is 0.389. The monoisotopic (exact) mass is 512 g/mol. The van der Waals surface area contributed by atoms with Gasteiger partial charge in [0, 0.05) is 23.4 Å². The highest BCUT2D eigenvalue weighted by Crippen LogP contribution is 2.28. The summed E-state index contributed by atoms with van der Waals surface area (Å²) in [6, 6.07) is 9.94. The van der Waals surface area contributed by atoms with Crippen molar-refractivity contribution in [2.75, 3.05) is 0 Å². The number of halogens is 3. The number of aryl methyl sites for hydroxylation is 1. The zero-order valence-electron chi connectivity index (χ0n) is 20.0. The molecule has 0 atom stereocenters. The molecular formula is C26H23ClF2N4O3. The Morgan fingerprint density at radius 2 is 1.83 bits per heavy atom. The van der Waals surface area contributed by atoms with Crippen LogP contribution in [0.5, 0.6) is 5.88 Å². The molecule has 4 aromatic rings. The molecule has 0 saturated heterocycles. The molecule has 0 saturated carbocycles. The summed E-state index contributed by atoms with van der Waals surface area (Å²) in [4.78, 5) is 26.3. The van der Waals surface area contributed by atoms with Gasteiger partial charge in [0.1, 0.15) is 29.7 Å². The molecule has 0 unspecified atom stereocenters. The molecule has 186 valence electrons. The van der Waals surface area contributed by atoms with Crippen molar-refractivity contribution in [1.29, 1.82) is 0 Å². The number of aromatic nitrogens is 4. The highest BCUT2D eigenvalue weighted by Gasteiger charge is 2.21. The largest absolute Gasteiger partial charge is 0.472 e. The Balaban J connectivity index is 1.72. The molecule has 0 bridgehead atoms. The first-order chi connectivity index (χ1) is 17.0. The molecule has 0 aliphatic rings. The van der Waals surface area contributed by atoms with Crippen molar-refractivity contribution in [2.24, 2.45) is 0 Å². The molecule has 2 aromatic carbocycles. The zero-order valence-corrected chi connectivity index (χ0v) is 20.8. The van der Waals surface area contributed by atoms with Crippen molar-refractivity contribution in [1.82, 2.24) is 19.5 Å². The van der Waals surface area contributed by atoms with E-state index in [9.17, 15) is 18.7 Å². The van der Waals surface area contributed by atoms with Crippen LogP contribution in [0.4, 0.5) is 8.78 Å². The molecule has 1 N–H and O–H groups in total. The van der Waals surface area contributed by atoms with Gasteiger partial charge in [0.05, 0.1) is 22.0 Å². The molecule has 0 fully saturated rings. The standard InChI is InChI=1S/C26H23ClF2N4O3/c1-14-23(36-13-17-5-7-18(28)12-20(17)29)31-15(2)33(24(14)34)22-11-16(6-8-19(22)27)21-9-10-30-25(32-21)26(3,4)35/h5-12,35H,13H2,1-4H3. The van der Waals surface area contributed by atoms with Crippen LogP contribution in [0.15, 0.2) is 53.5 Å². The zero-order chi connectivity index (χ0) is 26.2. The fourth-order valence-electron chi connectivity index (χ4n) is 3.55. The number of ether oxygens (including phenoxy) is 1. The minimum Gasteiger partial charge on any atom is -0.472 e. The normalized spacial score (nSPS) is 11.6. The van der Waals surface area contributed by atoms with E-state index in [4.69, 9.17) is 16.3 Å². The van der Waals surface area contributed by atoms with Gasteiger partial charge in [-0.05, 0) is 58.0 Å². The van der Waals surface area contributed by atoms with Crippen LogP contribution in [-0.2, 0) is 12.2 Å². The van der Waals surface area contributed by atoms with Gasteiger partial charge >= 0.3 is 0 Å². The molecule has 0 amide bonds. The second-order valence-electron chi connectivity index (χ2n) is 8.74. The minimum absolute atomic E-state index is 0.0374. The Bertz CT molecular complexity index is 1520. The molecule has 0 aliphatic carbocycles. The van der Waals surface area contributed by atoms with E-state index in [1.165, 1.54) is 10.6 Å². The molecule has 2 heterocycles. The Labute approximate surface area is 211 Å². The van der Waals surface area contributed by atoms with Crippen LogP contribution in [0.1, 0.15) is 36.6 Å². The predicted molar refractivity (Wildman–Crippen MR) is 131 cm³/mol. The minimum atomic E-state index is -1.23. The summed E-state index contributed by atoms with van der Waals surface area (Å²) in [6.45, 7) is 6.11. The lowest BCUT2D eigenvalue weighted by Gasteiger charge is -2.17. The van der Waals surface area contributed by atoms with Gasteiger partial charge in [-0.3, -0.25) is 9.36 Å². The summed E-state index contributed by atoms with van der Waals surface area (Å²) in [6.07, 6.45) is 1.54. The summed E-state index contributed by atoms with van der Waals surface area (Å²) in [5, 5.41) is 10.6. The third kappa shape index (κ3) is 5.12. The average molecular weight is 513 g/mol. The Morgan fingerprint density at radius 3 is 2.53 bits per heavy atom. The molecular weight excluding hydrogens is 490 g/mol. The van der Waals surface area contributed by atoms with Crippen LogP contribution in [0, 0.1) is 25.5 Å². The lowest BCUT2D eigenvalue weighted by molar-refractivity contribution is 0.0688. The van der Waals surface area contributed by atoms with Gasteiger partial charge in [-0.15, -0.1) is 0 Å². The molecule has 2 aromatic heterocycles. The Kier molecular flexibility index (Phi) is 6.88. The van der Waals surface area contributed by atoms with Crippen LogP contribution in [0.25, 0.3) is 16.9 Å². The SMILES string of the molecule is Cc1c(OCc2ccc(F)cc2F)nc(C)n(-c2cc(-c3ccnc(C(C)(C)O)n3)ccc2Cl)c1=O. The van der Waals surface area contributed by atoms with Crippen LogP contribution in [-0.4, -0.2) is 24.6 Å². The van der Waals surface area contributed by atoms with E-state index in [2.05, 4.69) is 15.0 Å². The van der Waals surface area contributed by atoms with Crippen molar-refractivity contribution < 1.29 is 18.6 Å². The lowest BCUT2D eigenvalue weighted by atomic mass is 10.1. The molecule has 0 spiro atoms. The van der Waals surface area contributed by atoms with Crippen molar-refractivity contribution in [2.45, 2.75) is 39.9 Å². The van der Waals surface area contributed by atoms with Gasteiger partial charge in [-0.2, -0.15) is 4.98 Å². The first kappa shape index (κ1) is 25.4. The predicted octanol–water partition coefficient (Wildman–Crippen LogP) is 5.04. The lowest BCUT2D eigenvalue weighted by Crippen LogP contribution is -2.25. The van der Waals surface area contributed by atoms with Gasteiger partial charge in [0.25, 0.3) is 5.56 Å². The van der Waals surface area contributed by atoms with Crippen molar-refractivity contribution >= 4 is 11.6 Å². The van der Waals surface area contributed by atoms with E-state index in [-0.39, 0.29) is 29.4 Å². The summed E-state index contributed by atoms with van der Waals surface area (Å²) >= 11 is 6.47. The maximum atomic E-state index is 14.0. The van der Waals surface area contributed by atoms with Crippen LogP contribution >= 0.6 is 11.6 Å². The average Bonchev–Trinajstić information content (AvgIpc) is 2.82. The molecule has 4 rings (SSSR count). The number of rotatable bonds is 6. The van der Waals surface area contributed by atoms with Gasteiger partial charge < -0.3 is 9.84 Å². The van der Waals surface area contributed by atoms with E-state index < -0.39 is 22.8 Å². The maximum Gasteiger partial charge on any atom is 0.264 e. The highest BCUT2D eigenvalue weighted by atomic mass is 35.5. The Hall–Kier alpha value is -3.69. The molecule has 0 aliphatic heterocycles. The fourth-order valence-corrected chi connectivity index (χ4v) is 3.76. The number of benzene rings is 2. The summed E-state index contributed by atoms with van der Waals surface area (Å²) in [7, 11) is 0. The summed E-state index contributed by atoms with van der Waals surface area (Å²) in [5.41, 5.74) is 0.242. The van der Waals surface area contributed by atoms with Gasteiger partial charge in [0.15, 0.2) is 5.82 Å². The second kappa shape index (κ2) is 9.75. The van der Waals surface area contributed by atoms with E-state index >= 15 is 0 Å². The molecule has 36 heavy (non-hydrogen) atoms. The number of aliphatic hydroxyl groups is 1. The number of hydrogen-bond donors (Lipinski definition) is 1. The fraction of sp³-hybridized carbons (Fsp3) is 0.231. The van der Waals surface area contributed by atoms with Crippen molar-refractivity contribution in [3.05, 3.63) is 98.4 Å². The molecule has 10 heteroatoms. The number of nitrogens with zero attached hydrogens (tertiary/aromatic N) is 4. The smallest absolute Gasteiger partial charge is 0.264 e.